The molecule has 36 heavy (non-hydrogen) atoms. The normalized spacial score (nSPS) is 15.2. The summed E-state index contributed by atoms with van der Waals surface area (Å²) in [6.07, 6.45) is 6.24. The van der Waals surface area contributed by atoms with Gasteiger partial charge >= 0.3 is 5.69 Å². The number of H-pyrrole nitrogens is 2. The first-order valence-electron chi connectivity index (χ1n) is 12.3. The van der Waals surface area contributed by atoms with Crippen LogP contribution in [0.3, 0.4) is 0 Å². The van der Waals surface area contributed by atoms with Gasteiger partial charge in [0.25, 0.3) is 11.5 Å². The summed E-state index contributed by atoms with van der Waals surface area (Å²) < 4.78 is 5.45. The zero-order chi connectivity index (χ0) is 25.3. The van der Waals surface area contributed by atoms with Crippen molar-refractivity contribution in [2.24, 2.45) is 5.92 Å². The Morgan fingerprint density at radius 1 is 1.11 bits per heavy atom. The van der Waals surface area contributed by atoms with Crippen LogP contribution < -0.4 is 11.2 Å². The van der Waals surface area contributed by atoms with Crippen molar-refractivity contribution < 1.29 is 9.53 Å². The maximum Gasteiger partial charge on any atom is 0.326 e. The molecule has 3 aromatic rings. The second kappa shape index (κ2) is 12.4. The number of hydrogen-bond acceptors (Lipinski definition) is 6. The Balaban J connectivity index is 1.52. The Morgan fingerprint density at radius 3 is 2.53 bits per heavy atom. The molecule has 1 aliphatic rings. The first-order chi connectivity index (χ1) is 17.5. The predicted octanol–water partition coefficient (Wildman–Crippen LogP) is 2.07. The zero-order valence-electron chi connectivity index (χ0n) is 20.6. The van der Waals surface area contributed by atoms with E-state index >= 15 is 0 Å². The van der Waals surface area contributed by atoms with Gasteiger partial charge in [0.1, 0.15) is 5.69 Å². The van der Waals surface area contributed by atoms with Crippen molar-refractivity contribution >= 4 is 5.91 Å². The first-order valence-corrected chi connectivity index (χ1v) is 12.3. The number of pyridine rings is 1. The third-order valence-electron chi connectivity index (χ3n) is 6.81. The fourth-order valence-corrected chi connectivity index (χ4v) is 4.99. The molecule has 0 bridgehead atoms. The molecule has 9 heteroatoms. The molecule has 1 fully saturated rings. The lowest BCUT2D eigenvalue weighted by Gasteiger charge is -2.41. The average molecular weight is 492 g/mol. The van der Waals surface area contributed by atoms with Gasteiger partial charge in [0, 0.05) is 57.8 Å². The molecule has 0 aliphatic carbocycles. The van der Waals surface area contributed by atoms with E-state index in [2.05, 4.69) is 50.2 Å². The number of ether oxygens (including phenoxy) is 1. The van der Waals surface area contributed by atoms with E-state index in [1.54, 1.807) is 18.2 Å². The van der Waals surface area contributed by atoms with E-state index in [4.69, 9.17) is 4.74 Å². The molecule has 1 amide bonds. The fourth-order valence-electron chi connectivity index (χ4n) is 4.99. The summed E-state index contributed by atoms with van der Waals surface area (Å²) in [5, 5.41) is 0. The minimum absolute atomic E-state index is 0.0290. The number of aromatic nitrogens is 3. The van der Waals surface area contributed by atoms with Crippen LogP contribution in [-0.2, 0) is 17.7 Å². The molecule has 3 heterocycles. The van der Waals surface area contributed by atoms with E-state index < -0.39 is 11.2 Å². The lowest BCUT2D eigenvalue weighted by atomic mass is 9.84. The number of nitrogens with one attached hydrogen (secondary N) is 2. The standard InChI is InChI=1S/C27H33N5O4/c1-36-15-14-32(19-21-8-5-11-28-18-21)24(16-20-6-3-2-4-7-20)22-9-12-31(13-10-22)26(34)23-17-25(33)30-27(35)29-23/h2-8,11,17-18,22,24H,9-10,12-16,19H2,1H3,(H2,29,30,33,35). The van der Waals surface area contributed by atoms with E-state index in [-0.39, 0.29) is 17.6 Å². The molecule has 1 aromatic carbocycles. The van der Waals surface area contributed by atoms with Crippen molar-refractivity contribution in [2.75, 3.05) is 33.4 Å². The van der Waals surface area contributed by atoms with E-state index in [1.165, 1.54) is 5.56 Å². The Kier molecular flexibility index (Phi) is 8.80. The van der Waals surface area contributed by atoms with E-state index in [0.717, 1.165) is 44.0 Å². The van der Waals surface area contributed by atoms with Crippen LogP contribution in [0.1, 0.15) is 34.5 Å². The molecular formula is C27H33N5O4. The lowest BCUT2D eigenvalue weighted by Crippen LogP contribution is -2.48. The SMILES string of the molecule is COCCN(Cc1cccnc1)C(Cc1ccccc1)C1CCN(C(=O)c2cc(=O)[nH]c(=O)[nH]2)CC1. The summed E-state index contributed by atoms with van der Waals surface area (Å²) in [6, 6.07) is 15.9. The minimum Gasteiger partial charge on any atom is -0.383 e. The topological polar surface area (TPSA) is 111 Å². The second-order valence-electron chi connectivity index (χ2n) is 9.21. The van der Waals surface area contributed by atoms with Gasteiger partial charge in [-0.05, 0) is 42.4 Å². The molecule has 2 N–H and O–H groups in total. The monoisotopic (exact) mass is 491 g/mol. The van der Waals surface area contributed by atoms with E-state index in [0.29, 0.717) is 25.6 Å². The Hall–Kier alpha value is -3.56. The number of piperidine rings is 1. The maximum atomic E-state index is 13.0. The molecule has 0 saturated carbocycles. The zero-order valence-corrected chi connectivity index (χ0v) is 20.6. The Morgan fingerprint density at radius 2 is 1.86 bits per heavy atom. The van der Waals surface area contributed by atoms with Gasteiger partial charge in [0.05, 0.1) is 6.61 Å². The van der Waals surface area contributed by atoms with Crippen LogP contribution in [0.4, 0.5) is 0 Å². The van der Waals surface area contributed by atoms with Crippen molar-refractivity contribution in [3.8, 4) is 0 Å². The highest BCUT2D eigenvalue weighted by Gasteiger charge is 2.32. The highest BCUT2D eigenvalue weighted by Crippen LogP contribution is 2.28. The van der Waals surface area contributed by atoms with Crippen molar-refractivity contribution in [3.05, 3.63) is 98.6 Å². The van der Waals surface area contributed by atoms with Crippen molar-refractivity contribution in [1.82, 2.24) is 24.8 Å². The molecule has 4 rings (SSSR count). The van der Waals surface area contributed by atoms with Gasteiger partial charge in [0.2, 0.25) is 0 Å². The van der Waals surface area contributed by atoms with Crippen LogP contribution in [0, 0.1) is 5.92 Å². The van der Waals surface area contributed by atoms with Crippen LogP contribution >= 0.6 is 0 Å². The van der Waals surface area contributed by atoms with Gasteiger partial charge in [-0.1, -0.05) is 36.4 Å². The summed E-state index contributed by atoms with van der Waals surface area (Å²) >= 11 is 0. The Labute approximate surface area is 210 Å². The lowest BCUT2D eigenvalue weighted by molar-refractivity contribution is 0.0481. The van der Waals surface area contributed by atoms with Crippen molar-refractivity contribution in [2.45, 2.75) is 31.8 Å². The number of carbonyl (C=O) groups excluding carboxylic acids is 1. The molecule has 9 nitrogen and oxygen atoms in total. The highest BCUT2D eigenvalue weighted by molar-refractivity contribution is 5.92. The maximum absolute atomic E-state index is 13.0. The number of hydrogen-bond donors (Lipinski definition) is 2. The average Bonchev–Trinajstić information content (AvgIpc) is 2.90. The fraction of sp³-hybridized carbons (Fsp3) is 0.407. The number of benzene rings is 1. The molecule has 1 saturated heterocycles. The quantitative estimate of drug-likeness (QED) is 0.449. The van der Waals surface area contributed by atoms with Crippen LogP contribution in [-0.4, -0.2) is 70.1 Å². The molecule has 1 aliphatic heterocycles. The second-order valence-corrected chi connectivity index (χ2v) is 9.21. The third kappa shape index (κ3) is 6.77. The van der Waals surface area contributed by atoms with Gasteiger partial charge in [-0.3, -0.25) is 24.5 Å². The van der Waals surface area contributed by atoms with Crippen molar-refractivity contribution in [3.63, 3.8) is 0 Å². The van der Waals surface area contributed by atoms with Gasteiger partial charge in [-0.2, -0.15) is 0 Å². The number of carbonyl (C=O) groups is 1. The largest absolute Gasteiger partial charge is 0.383 e. The molecule has 0 radical (unpaired) electrons. The summed E-state index contributed by atoms with van der Waals surface area (Å²) in [4.78, 5) is 49.3. The van der Waals surface area contributed by atoms with E-state index in [1.807, 2.05) is 18.3 Å². The Bertz CT molecular complexity index is 1190. The van der Waals surface area contributed by atoms with Crippen LogP contribution in [0.5, 0.6) is 0 Å². The van der Waals surface area contributed by atoms with Crippen LogP contribution in [0.25, 0.3) is 0 Å². The predicted molar refractivity (Wildman–Crippen MR) is 137 cm³/mol. The summed E-state index contributed by atoms with van der Waals surface area (Å²) in [7, 11) is 1.72. The molecule has 1 unspecified atom stereocenters. The first kappa shape index (κ1) is 25.5. The van der Waals surface area contributed by atoms with Gasteiger partial charge in [-0.15, -0.1) is 0 Å². The van der Waals surface area contributed by atoms with Crippen LogP contribution in [0.2, 0.25) is 0 Å². The molecular weight excluding hydrogens is 458 g/mol. The number of aromatic amines is 2. The number of rotatable bonds is 10. The number of nitrogens with zero attached hydrogens (tertiary/aromatic N) is 3. The van der Waals surface area contributed by atoms with Gasteiger partial charge in [0.15, 0.2) is 0 Å². The number of methoxy groups -OCH3 is 1. The summed E-state index contributed by atoms with van der Waals surface area (Å²) in [5.74, 6) is 0.0452. The summed E-state index contributed by atoms with van der Waals surface area (Å²) in [5.41, 5.74) is 1.20. The van der Waals surface area contributed by atoms with Gasteiger partial charge in [-0.25, -0.2) is 4.79 Å². The molecule has 1 atom stereocenters. The minimum atomic E-state index is -0.673. The van der Waals surface area contributed by atoms with Gasteiger partial charge < -0.3 is 14.6 Å². The smallest absolute Gasteiger partial charge is 0.326 e. The van der Waals surface area contributed by atoms with E-state index in [9.17, 15) is 14.4 Å². The number of likely N-dealkylation sites (tertiary alicyclic amines) is 1. The third-order valence-corrected chi connectivity index (χ3v) is 6.81. The molecule has 2 aromatic heterocycles. The van der Waals surface area contributed by atoms with Crippen LogP contribution in [0.15, 0.2) is 70.5 Å². The molecule has 190 valence electrons. The number of amides is 1. The highest BCUT2D eigenvalue weighted by atomic mass is 16.5. The van der Waals surface area contributed by atoms with Crippen molar-refractivity contribution in [1.29, 1.82) is 0 Å². The summed E-state index contributed by atoms with van der Waals surface area (Å²) in [6.45, 7) is 3.31. The molecule has 0 spiro atoms.